The number of amides is 1. The molecule has 0 fully saturated rings. The summed E-state index contributed by atoms with van der Waals surface area (Å²) in [4.78, 5) is 24.7. The van der Waals surface area contributed by atoms with Crippen LogP contribution in [0.2, 0.25) is 0 Å². The third-order valence-corrected chi connectivity index (χ3v) is 5.27. The maximum Gasteiger partial charge on any atom is 0.255 e. The van der Waals surface area contributed by atoms with Gasteiger partial charge >= 0.3 is 0 Å². The maximum absolute atomic E-state index is 13.6. The number of hydrogen-bond acceptors (Lipinski definition) is 6. The lowest BCUT2D eigenvalue weighted by molar-refractivity contribution is 0.0941. The van der Waals surface area contributed by atoms with E-state index in [0.717, 1.165) is 5.56 Å². The molecule has 4 N–H and O–H groups in total. The number of benzene rings is 2. The largest absolute Gasteiger partial charge is 0.387 e. The predicted octanol–water partition coefficient (Wildman–Crippen LogP) is 3.92. The van der Waals surface area contributed by atoms with Crippen LogP contribution < -0.4 is 10.6 Å². The molecule has 1 amide bonds. The molecule has 0 radical (unpaired) electrons. The molecule has 2 aromatic heterocycles. The van der Waals surface area contributed by atoms with E-state index in [1.54, 1.807) is 25.2 Å². The van der Waals surface area contributed by atoms with Crippen molar-refractivity contribution in [1.29, 1.82) is 10.7 Å². The number of H-pyrrole nitrogens is 1. The van der Waals surface area contributed by atoms with Crippen LogP contribution in [0, 0.1) is 22.6 Å². The average molecular weight is 441 g/mol. The molecule has 1 atom stereocenters. The standard InChI is InChI=1S/C24H20FN7O/c1-13(15-5-3-4-14(8-15)10-26)31-24(33)18-11-29-23-22(18)32-20(12-30-23)21(27)17-7-6-16(25)9-19(17)28-2/h3-9,11-13,27-28H,1-2H3,(H,29,30)(H,31,33)/t13-/m1/s1. The van der Waals surface area contributed by atoms with Gasteiger partial charge in [0.05, 0.1) is 35.1 Å². The summed E-state index contributed by atoms with van der Waals surface area (Å²) in [7, 11) is 1.64. The zero-order valence-electron chi connectivity index (χ0n) is 17.9. The number of nitrogens with zero attached hydrogens (tertiary/aromatic N) is 3. The van der Waals surface area contributed by atoms with E-state index in [1.165, 1.54) is 30.6 Å². The summed E-state index contributed by atoms with van der Waals surface area (Å²) in [6.45, 7) is 1.82. The predicted molar refractivity (Wildman–Crippen MR) is 123 cm³/mol. The number of nitriles is 1. The molecule has 0 saturated heterocycles. The third kappa shape index (κ3) is 4.27. The lowest BCUT2D eigenvalue weighted by Gasteiger charge is -2.14. The van der Waals surface area contributed by atoms with Crippen LogP contribution in [-0.2, 0) is 0 Å². The van der Waals surface area contributed by atoms with Gasteiger partial charge in [-0.2, -0.15) is 5.26 Å². The summed E-state index contributed by atoms with van der Waals surface area (Å²) in [6, 6.07) is 12.8. The number of nitrogens with one attached hydrogen (secondary N) is 4. The van der Waals surface area contributed by atoms with Crippen molar-refractivity contribution < 1.29 is 9.18 Å². The van der Waals surface area contributed by atoms with Crippen LogP contribution in [0.5, 0.6) is 0 Å². The Morgan fingerprint density at radius 1 is 1.24 bits per heavy atom. The van der Waals surface area contributed by atoms with Gasteiger partial charge in [-0.1, -0.05) is 12.1 Å². The molecule has 8 nitrogen and oxygen atoms in total. The molecule has 0 aliphatic heterocycles. The van der Waals surface area contributed by atoms with E-state index in [1.807, 2.05) is 13.0 Å². The number of aromatic nitrogens is 3. The minimum absolute atomic E-state index is 0.0444. The second-order valence-electron chi connectivity index (χ2n) is 7.40. The molecule has 4 aromatic rings. The van der Waals surface area contributed by atoms with Gasteiger partial charge in [-0.3, -0.25) is 10.2 Å². The van der Waals surface area contributed by atoms with Gasteiger partial charge in [-0.25, -0.2) is 14.4 Å². The van der Waals surface area contributed by atoms with Crippen molar-refractivity contribution >= 4 is 28.5 Å². The Morgan fingerprint density at radius 3 is 2.82 bits per heavy atom. The molecule has 164 valence electrons. The first-order valence-electron chi connectivity index (χ1n) is 10.1. The number of anilines is 1. The summed E-state index contributed by atoms with van der Waals surface area (Å²) in [5.41, 5.74) is 3.51. The van der Waals surface area contributed by atoms with Crippen molar-refractivity contribution in [1.82, 2.24) is 20.3 Å². The average Bonchev–Trinajstić information content (AvgIpc) is 3.27. The SMILES string of the molecule is CNc1cc(F)ccc1C(=N)c1cnc2[nH]cc(C(=O)N[C@H](C)c3cccc(C#N)c3)c2n1. The number of carbonyl (C=O) groups is 1. The lowest BCUT2D eigenvalue weighted by atomic mass is 10.0. The number of rotatable bonds is 6. The van der Waals surface area contributed by atoms with Crippen LogP contribution in [0.25, 0.3) is 11.2 Å². The first-order valence-corrected chi connectivity index (χ1v) is 10.1. The smallest absolute Gasteiger partial charge is 0.255 e. The Kier molecular flexibility index (Phi) is 5.83. The van der Waals surface area contributed by atoms with Crippen molar-refractivity contribution in [2.45, 2.75) is 13.0 Å². The molecule has 9 heteroatoms. The van der Waals surface area contributed by atoms with Gasteiger partial charge < -0.3 is 15.6 Å². The van der Waals surface area contributed by atoms with Gasteiger partial charge in [0.1, 0.15) is 17.0 Å². The van der Waals surface area contributed by atoms with Crippen molar-refractivity contribution in [3.05, 3.63) is 88.6 Å². The molecular formula is C24H20FN7O. The van der Waals surface area contributed by atoms with Gasteiger partial charge in [-0.15, -0.1) is 0 Å². The molecule has 33 heavy (non-hydrogen) atoms. The zero-order valence-corrected chi connectivity index (χ0v) is 17.9. The molecule has 0 unspecified atom stereocenters. The molecule has 0 aliphatic carbocycles. The quantitative estimate of drug-likeness (QED) is 0.337. The van der Waals surface area contributed by atoms with Crippen LogP contribution in [0.15, 0.2) is 54.9 Å². The number of halogens is 1. The van der Waals surface area contributed by atoms with Gasteiger partial charge in [0.15, 0.2) is 5.65 Å². The Balaban J connectivity index is 1.63. The Bertz CT molecular complexity index is 1420. The van der Waals surface area contributed by atoms with Crippen molar-refractivity contribution in [3.8, 4) is 6.07 Å². The van der Waals surface area contributed by atoms with E-state index in [2.05, 4.69) is 31.7 Å². The lowest BCUT2D eigenvalue weighted by Crippen LogP contribution is -2.26. The van der Waals surface area contributed by atoms with Crippen molar-refractivity contribution in [2.24, 2.45) is 0 Å². The van der Waals surface area contributed by atoms with E-state index in [9.17, 15) is 9.18 Å². The van der Waals surface area contributed by atoms with Crippen LogP contribution in [-0.4, -0.2) is 33.6 Å². The number of fused-ring (bicyclic) bond motifs is 1. The fourth-order valence-corrected chi connectivity index (χ4v) is 3.50. The van der Waals surface area contributed by atoms with E-state index in [0.29, 0.717) is 28.0 Å². The van der Waals surface area contributed by atoms with Gasteiger partial charge in [-0.05, 0) is 42.8 Å². The minimum Gasteiger partial charge on any atom is -0.387 e. The highest BCUT2D eigenvalue weighted by atomic mass is 19.1. The van der Waals surface area contributed by atoms with Crippen LogP contribution >= 0.6 is 0 Å². The summed E-state index contributed by atoms with van der Waals surface area (Å²) >= 11 is 0. The number of aromatic amines is 1. The van der Waals surface area contributed by atoms with Gasteiger partial charge in [0.25, 0.3) is 5.91 Å². The van der Waals surface area contributed by atoms with Crippen LogP contribution in [0.3, 0.4) is 0 Å². The molecule has 2 heterocycles. The summed E-state index contributed by atoms with van der Waals surface area (Å²) in [5, 5.41) is 23.4. The van der Waals surface area contributed by atoms with E-state index >= 15 is 0 Å². The maximum atomic E-state index is 13.6. The Hall–Kier alpha value is -4.58. The molecule has 0 aliphatic rings. The fraction of sp³-hybridized carbons (Fsp3) is 0.125. The molecule has 2 aromatic carbocycles. The molecule has 0 saturated carbocycles. The Labute approximate surface area is 189 Å². The first-order chi connectivity index (χ1) is 15.9. The molecule has 0 spiro atoms. The van der Waals surface area contributed by atoms with E-state index in [4.69, 9.17) is 10.7 Å². The van der Waals surface area contributed by atoms with Crippen LogP contribution in [0.1, 0.15) is 45.7 Å². The van der Waals surface area contributed by atoms with Gasteiger partial charge in [0.2, 0.25) is 0 Å². The normalized spacial score (nSPS) is 11.6. The number of hydrogen-bond donors (Lipinski definition) is 4. The first kappa shape index (κ1) is 21.6. The van der Waals surface area contributed by atoms with E-state index in [-0.39, 0.29) is 28.9 Å². The summed E-state index contributed by atoms with van der Waals surface area (Å²) < 4.78 is 13.6. The summed E-state index contributed by atoms with van der Waals surface area (Å²) in [5.74, 6) is -0.789. The van der Waals surface area contributed by atoms with Crippen molar-refractivity contribution in [2.75, 3.05) is 12.4 Å². The Morgan fingerprint density at radius 2 is 2.06 bits per heavy atom. The molecular weight excluding hydrogens is 421 g/mol. The highest BCUT2D eigenvalue weighted by Gasteiger charge is 2.19. The highest BCUT2D eigenvalue weighted by molar-refractivity contribution is 6.14. The second-order valence-corrected chi connectivity index (χ2v) is 7.40. The van der Waals surface area contributed by atoms with E-state index < -0.39 is 5.82 Å². The number of carbonyl (C=O) groups excluding carboxylic acids is 1. The minimum atomic E-state index is -0.420. The third-order valence-electron chi connectivity index (χ3n) is 5.27. The molecule has 4 rings (SSSR count). The second kappa shape index (κ2) is 8.88. The van der Waals surface area contributed by atoms with Crippen LogP contribution in [0.4, 0.5) is 10.1 Å². The van der Waals surface area contributed by atoms with Gasteiger partial charge in [0, 0.05) is 24.5 Å². The van der Waals surface area contributed by atoms with Crippen molar-refractivity contribution in [3.63, 3.8) is 0 Å². The topological polar surface area (TPSA) is 130 Å². The highest BCUT2D eigenvalue weighted by Crippen LogP contribution is 2.22. The molecule has 0 bridgehead atoms. The summed E-state index contributed by atoms with van der Waals surface area (Å²) in [6.07, 6.45) is 2.95. The zero-order chi connectivity index (χ0) is 23.5. The fourth-order valence-electron chi connectivity index (χ4n) is 3.50. The monoisotopic (exact) mass is 441 g/mol.